The Balaban J connectivity index is 1.59. The molecule has 2 rings (SSSR count). The van der Waals surface area contributed by atoms with Gasteiger partial charge in [-0.05, 0) is 42.6 Å². The van der Waals surface area contributed by atoms with Crippen molar-refractivity contribution < 1.29 is 4.79 Å². The van der Waals surface area contributed by atoms with Gasteiger partial charge in [-0.3, -0.25) is 4.79 Å². The van der Waals surface area contributed by atoms with Gasteiger partial charge >= 0.3 is 0 Å². The molecule has 2 fully saturated rings. The summed E-state index contributed by atoms with van der Waals surface area (Å²) < 4.78 is 0. The first kappa shape index (κ1) is 13.5. The molecule has 1 saturated heterocycles. The van der Waals surface area contributed by atoms with Crippen molar-refractivity contribution in [2.75, 3.05) is 11.5 Å². The largest absolute Gasteiger partial charge is 0.300 e. The highest BCUT2D eigenvalue weighted by Crippen LogP contribution is 2.29. The minimum atomic E-state index is 0.549. The molecule has 0 aromatic heterocycles. The van der Waals surface area contributed by atoms with Crippen molar-refractivity contribution in [1.82, 2.24) is 0 Å². The van der Waals surface area contributed by atoms with Crippen LogP contribution >= 0.6 is 11.8 Å². The third-order valence-electron chi connectivity index (χ3n) is 4.41. The fourth-order valence-corrected chi connectivity index (χ4v) is 4.42. The average Bonchev–Trinajstić information content (AvgIpc) is 2.39. The monoisotopic (exact) mass is 254 g/mol. The summed E-state index contributed by atoms with van der Waals surface area (Å²) in [7, 11) is 0. The zero-order chi connectivity index (χ0) is 11.9. The molecule has 0 N–H and O–H groups in total. The molecule has 1 saturated carbocycles. The summed E-state index contributed by atoms with van der Waals surface area (Å²) in [5, 5.41) is 0. The molecule has 2 heteroatoms. The molecule has 0 radical (unpaired) electrons. The second-order valence-corrected chi connectivity index (χ2v) is 7.07. The van der Waals surface area contributed by atoms with Crippen LogP contribution in [0.3, 0.4) is 0 Å². The molecule has 0 spiro atoms. The summed E-state index contributed by atoms with van der Waals surface area (Å²) in [5.41, 5.74) is 0. The highest BCUT2D eigenvalue weighted by atomic mass is 32.2. The van der Waals surface area contributed by atoms with Crippen molar-refractivity contribution in [2.45, 2.75) is 64.2 Å². The lowest BCUT2D eigenvalue weighted by Crippen LogP contribution is -2.15. The van der Waals surface area contributed by atoms with Crippen LogP contribution in [0.25, 0.3) is 0 Å². The van der Waals surface area contributed by atoms with E-state index in [1.54, 1.807) is 0 Å². The van der Waals surface area contributed by atoms with E-state index in [2.05, 4.69) is 11.8 Å². The minimum absolute atomic E-state index is 0.549. The zero-order valence-electron chi connectivity index (χ0n) is 11.0. The number of thioether (sulfide) groups is 1. The van der Waals surface area contributed by atoms with E-state index in [1.807, 2.05) is 0 Å². The molecule has 1 heterocycles. The molecule has 1 aliphatic carbocycles. The van der Waals surface area contributed by atoms with E-state index in [1.165, 1.54) is 62.9 Å². The minimum Gasteiger partial charge on any atom is -0.300 e. The van der Waals surface area contributed by atoms with Crippen LogP contribution in [0.4, 0.5) is 0 Å². The Hall–Kier alpha value is 0.0200. The number of hydrogen-bond donors (Lipinski definition) is 0. The quantitative estimate of drug-likeness (QED) is 0.721. The Labute approximate surface area is 110 Å². The first-order chi connectivity index (χ1) is 8.34. The summed E-state index contributed by atoms with van der Waals surface area (Å²) in [6.45, 7) is 0. The summed E-state index contributed by atoms with van der Waals surface area (Å²) in [4.78, 5) is 11.9. The van der Waals surface area contributed by atoms with Gasteiger partial charge in [-0.25, -0.2) is 0 Å². The standard InChI is InChI=1S/C15H26OS/c16-15(12-14-8-10-17-11-9-14)7-6-13-4-2-1-3-5-13/h13-14H,1-12H2. The number of carbonyl (C=O) groups is 1. The first-order valence-electron chi connectivity index (χ1n) is 7.44. The fourth-order valence-electron chi connectivity index (χ4n) is 3.22. The van der Waals surface area contributed by atoms with Gasteiger partial charge in [-0.2, -0.15) is 11.8 Å². The van der Waals surface area contributed by atoms with Crippen molar-refractivity contribution in [3.63, 3.8) is 0 Å². The first-order valence-corrected chi connectivity index (χ1v) is 8.59. The van der Waals surface area contributed by atoms with E-state index < -0.39 is 0 Å². The Morgan fingerprint density at radius 3 is 2.35 bits per heavy atom. The van der Waals surface area contributed by atoms with Crippen LogP contribution < -0.4 is 0 Å². The predicted octanol–water partition coefficient (Wildman–Crippen LogP) is 4.45. The Morgan fingerprint density at radius 1 is 0.941 bits per heavy atom. The summed E-state index contributed by atoms with van der Waals surface area (Å²) in [6.07, 6.45) is 12.5. The lowest BCUT2D eigenvalue weighted by Gasteiger charge is -2.22. The molecule has 1 aliphatic heterocycles. The number of hydrogen-bond acceptors (Lipinski definition) is 2. The molecule has 0 unspecified atom stereocenters. The van der Waals surface area contributed by atoms with Gasteiger partial charge in [0.05, 0.1) is 0 Å². The van der Waals surface area contributed by atoms with Crippen LogP contribution in [0, 0.1) is 11.8 Å². The maximum atomic E-state index is 11.9. The van der Waals surface area contributed by atoms with Gasteiger partial charge in [0.15, 0.2) is 0 Å². The normalized spacial score (nSPS) is 23.8. The third-order valence-corrected chi connectivity index (χ3v) is 5.46. The molecule has 0 aromatic rings. The van der Waals surface area contributed by atoms with Gasteiger partial charge in [0.2, 0.25) is 0 Å². The molecule has 2 aliphatic rings. The molecule has 17 heavy (non-hydrogen) atoms. The highest BCUT2D eigenvalue weighted by molar-refractivity contribution is 7.99. The Morgan fingerprint density at radius 2 is 1.65 bits per heavy atom. The van der Waals surface area contributed by atoms with Crippen molar-refractivity contribution in [3.05, 3.63) is 0 Å². The lowest BCUT2D eigenvalue weighted by atomic mass is 9.84. The predicted molar refractivity (Wildman–Crippen MR) is 75.5 cm³/mol. The topological polar surface area (TPSA) is 17.1 Å². The third kappa shape index (κ3) is 5.03. The van der Waals surface area contributed by atoms with Crippen LogP contribution in [0.5, 0.6) is 0 Å². The SMILES string of the molecule is O=C(CCC1CCCCC1)CC1CCSCC1. The van der Waals surface area contributed by atoms with Crippen molar-refractivity contribution in [2.24, 2.45) is 11.8 Å². The average molecular weight is 254 g/mol. The Kier molecular flexibility index (Phi) is 5.90. The van der Waals surface area contributed by atoms with E-state index in [4.69, 9.17) is 0 Å². The second kappa shape index (κ2) is 7.45. The fraction of sp³-hybridized carbons (Fsp3) is 0.933. The van der Waals surface area contributed by atoms with Crippen molar-refractivity contribution in [3.8, 4) is 0 Å². The molecule has 0 atom stereocenters. The second-order valence-electron chi connectivity index (χ2n) is 5.84. The number of ketones is 1. The maximum absolute atomic E-state index is 11.9. The van der Waals surface area contributed by atoms with E-state index in [0.717, 1.165) is 24.7 Å². The molecule has 0 bridgehead atoms. The van der Waals surface area contributed by atoms with E-state index >= 15 is 0 Å². The van der Waals surface area contributed by atoms with Crippen LogP contribution in [0.15, 0.2) is 0 Å². The zero-order valence-corrected chi connectivity index (χ0v) is 11.8. The van der Waals surface area contributed by atoms with Crippen LogP contribution in [-0.2, 0) is 4.79 Å². The molecule has 0 amide bonds. The summed E-state index contributed by atoms with van der Waals surface area (Å²) >= 11 is 2.05. The van der Waals surface area contributed by atoms with Gasteiger partial charge in [-0.15, -0.1) is 0 Å². The maximum Gasteiger partial charge on any atom is 0.133 e. The van der Waals surface area contributed by atoms with Gasteiger partial charge in [-0.1, -0.05) is 32.1 Å². The van der Waals surface area contributed by atoms with E-state index in [9.17, 15) is 4.79 Å². The molecular formula is C15H26OS. The van der Waals surface area contributed by atoms with Crippen LogP contribution in [-0.4, -0.2) is 17.3 Å². The summed E-state index contributed by atoms with van der Waals surface area (Å²) in [6, 6.07) is 0. The molecule has 98 valence electrons. The van der Waals surface area contributed by atoms with E-state index in [0.29, 0.717) is 5.78 Å². The van der Waals surface area contributed by atoms with Crippen LogP contribution in [0.2, 0.25) is 0 Å². The number of carbonyl (C=O) groups excluding carboxylic acids is 1. The van der Waals surface area contributed by atoms with Gasteiger partial charge < -0.3 is 0 Å². The molecule has 0 aromatic carbocycles. The van der Waals surface area contributed by atoms with Crippen LogP contribution in [0.1, 0.15) is 64.2 Å². The van der Waals surface area contributed by atoms with Gasteiger partial charge in [0, 0.05) is 12.8 Å². The van der Waals surface area contributed by atoms with Gasteiger partial charge in [0.25, 0.3) is 0 Å². The molecular weight excluding hydrogens is 228 g/mol. The van der Waals surface area contributed by atoms with Crippen molar-refractivity contribution in [1.29, 1.82) is 0 Å². The van der Waals surface area contributed by atoms with Gasteiger partial charge in [0.1, 0.15) is 5.78 Å². The van der Waals surface area contributed by atoms with E-state index in [-0.39, 0.29) is 0 Å². The van der Waals surface area contributed by atoms with Crippen molar-refractivity contribution >= 4 is 17.5 Å². The highest BCUT2D eigenvalue weighted by Gasteiger charge is 2.19. The Bertz CT molecular complexity index is 227. The summed E-state index contributed by atoms with van der Waals surface area (Å²) in [5.74, 6) is 4.69. The number of rotatable bonds is 5. The lowest BCUT2D eigenvalue weighted by molar-refractivity contribution is -0.120. The number of Topliss-reactive ketones (excluding diaryl/α,β-unsaturated/α-hetero) is 1. The molecule has 1 nitrogen and oxygen atoms in total. The smallest absolute Gasteiger partial charge is 0.133 e.